The van der Waals surface area contributed by atoms with Crippen molar-refractivity contribution in [3.05, 3.63) is 12.7 Å². The zero-order valence-corrected chi connectivity index (χ0v) is 19.4. The fourth-order valence-corrected chi connectivity index (χ4v) is 4.75. The first-order valence-electron chi connectivity index (χ1n) is 11.3. The van der Waals surface area contributed by atoms with Crippen LogP contribution in [0.3, 0.4) is 0 Å². The first-order valence-corrected chi connectivity index (χ1v) is 11.3. The SMILES string of the molecule is C=CC(=O)OCCNC(=O)OC1CCC(C(C)ON2C(C)(C)CCCC2(C)C)CC1. The monoisotopic (exact) mass is 424 g/mol. The predicted molar refractivity (Wildman–Crippen MR) is 116 cm³/mol. The Morgan fingerprint density at radius 1 is 1.13 bits per heavy atom. The molecule has 1 N–H and O–H groups in total. The molecule has 0 spiro atoms. The number of nitrogens with zero attached hydrogens (tertiary/aromatic N) is 1. The van der Waals surface area contributed by atoms with Gasteiger partial charge in [-0.3, -0.25) is 4.84 Å². The summed E-state index contributed by atoms with van der Waals surface area (Å²) in [4.78, 5) is 29.4. The van der Waals surface area contributed by atoms with Crippen molar-refractivity contribution in [3.63, 3.8) is 0 Å². The topological polar surface area (TPSA) is 77.1 Å². The number of alkyl carbamates (subject to hydrolysis) is 1. The maximum absolute atomic E-state index is 11.9. The van der Waals surface area contributed by atoms with Gasteiger partial charge in [0.1, 0.15) is 12.7 Å². The highest BCUT2D eigenvalue weighted by atomic mass is 16.7. The van der Waals surface area contributed by atoms with Crippen LogP contribution >= 0.6 is 0 Å². The Morgan fingerprint density at radius 2 is 1.73 bits per heavy atom. The highest BCUT2D eigenvalue weighted by Gasteiger charge is 2.44. The fourth-order valence-electron chi connectivity index (χ4n) is 4.75. The normalized spacial score (nSPS) is 27.0. The van der Waals surface area contributed by atoms with Gasteiger partial charge in [0.2, 0.25) is 0 Å². The molecule has 7 heteroatoms. The third kappa shape index (κ3) is 6.98. The van der Waals surface area contributed by atoms with Gasteiger partial charge in [-0.2, -0.15) is 5.06 Å². The minimum absolute atomic E-state index is 0.0361. The molecule has 7 nitrogen and oxygen atoms in total. The van der Waals surface area contributed by atoms with Gasteiger partial charge in [-0.05, 0) is 85.5 Å². The van der Waals surface area contributed by atoms with Crippen LogP contribution in [0.25, 0.3) is 0 Å². The minimum Gasteiger partial charge on any atom is -0.461 e. The zero-order valence-electron chi connectivity index (χ0n) is 19.4. The molecule has 0 aromatic rings. The molecule has 1 aliphatic carbocycles. The smallest absolute Gasteiger partial charge is 0.407 e. The second-order valence-corrected chi connectivity index (χ2v) is 9.82. The highest BCUT2D eigenvalue weighted by Crippen LogP contribution is 2.40. The van der Waals surface area contributed by atoms with E-state index in [1.807, 2.05) is 0 Å². The van der Waals surface area contributed by atoms with Gasteiger partial charge in [0.05, 0.1) is 12.6 Å². The molecule has 1 saturated heterocycles. The number of amides is 1. The van der Waals surface area contributed by atoms with Gasteiger partial charge in [-0.1, -0.05) is 6.58 Å². The summed E-state index contributed by atoms with van der Waals surface area (Å²) < 4.78 is 10.3. The predicted octanol–water partition coefficient (Wildman–Crippen LogP) is 4.36. The second kappa shape index (κ2) is 10.6. The van der Waals surface area contributed by atoms with Crippen molar-refractivity contribution in [3.8, 4) is 0 Å². The van der Waals surface area contributed by atoms with Crippen molar-refractivity contribution in [2.24, 2.45) is 5.92 Å². The van der Waals surface area contributed by atoms with Crippen LogP contribution in [0.1, 0.15) is 79.6 Å². The minimum atomic E-state index is -0.504. The highest BCUT2D eigenvalue weighted by molar-refractivity contribution is 5.81. The summed E-state index contributed by atoms with van der Waals surface area (Å²) in [5.74, 6) is -0.0455. The maximum Gasteiger partial charge on any atom is 0.407 e. The summed E-state index contributed by atoms with van der Waals surface area (Å²) in [7, 11) is 0. The molecule has 0 aromatic heterocycles. The maximum atomic E-state index is 11.9. The molecule has 1 amide bonds. The molecule has 1 heterocycles. The zero-order chi connectivity index (χ0) is 22.4. The van der Waals surface area contributed by atoms with E-state index in [2.05, 4.69) is 51.6 Å². The third-order valence-corrected chi connectivity index (χ3v) is 6.39. The standard InChI is InChI=1S/C23H40N2O5/c1-7-20(26)28-16-15-24-21(27)29-19-11-9-18(10-12-19)17(2)30-25-22(3,4)13-8-14-23(25,5)6/h7,17-19H,1,8-16H2,2-6H3,(H,24,27). The van der Waals surface area contributed by atoms with Gasteiger partial charge in [0, 0.05) is 17.2 Å². The number of nitrogens with one attached hydrogen (secondary N) is 1. The van der Waals surface area contributed by atoms with Crippen LogP contribution in [-0.2, 0) is 19.1 Å². The molecule has 1 aliphatic heterocycles. The molecule has 0 aromatic carbocycles. The second-order valence-electron chi connectivity index (χ2n) is 9.82. The number of carbonyl (C=O) groups is 2. The molecule has 1 unspecified atom stereocenters. The number of hydrogen-bond donors (Lipinski definition) is 1. The van der Waals surface area contributed by atoms with Crippen molar-refractivity contribution >= 4 is 12.1 Å². The van der Waals surface area contributed by atoms with E-state index in [0.29, 0.717) is 5.92 Å². The lowest BCUT2D eigenvalue weighted by atomic mass is 9.81. The van der Waals surface area contributed by atoms with E-state index >= 15 is 0 Å². The van der Waals surface area contributed by atoms with Crippen LogP contribution in [-0.4, -0.2) is 53.6 Å². The van der Waals surface area contributed by atoms with Crippen LogP contribution < -0.4 is 5.32 Å². The van der Waals surface area contributed by atoms with Gasteiger partial charge in [-0.25, -0.2) is 9.59 Å². The Kier molecular flexibility index (Phi) is 8.73. The Hall–Kier alpha value is -1.60. The molecule has 1 atom stereocenters. The molecule has 0 bridgehead atoms. The van der Waals surface area contributed by atoms with E-state index < -0.39 is 12.1 Å². The molecular weight excluding hydrogens is 384 g/mol. The largest absolute Gasteiger partial charge is 0.461 e. The lowest BCUT2D eigenvalue weighted by molar-refractivity contribution is -0.310. The fraction of sp³-hybridized carbons (Fsp3) is 0.826. The summed E-state index contributed by atoms with van der Waals surface area (Å²) in [6.45, 7) is 14.9. The number of hydroxylamine groups is 2. The first-order chi connectivity index (χ1) is 14.0. The van der Waals surface area contributed by atoms with Crippen molar-refractivity contribution in [2.75, 3.05) is 13.2 Å². The Labute approximate surface area is 181 Å². The molecule has 172 valence electrons. The Bertz CT molecular complexity index is 580. The van der Waals surface area contributed by atoms with E-state index in [1.54, 1.807) is 0 Å². The van der Waals surface area contributed by atoms with Crippen LogP contribution in [0.4, 0.5) is 4.79 Å². The van der Waals surface area contributed by atoms with Gasteiger partial charge >= 0.3 is 12.1 Å². The number of carbonyl (C=O) groups excluding carboxylic acids is 2. The van der Waals surface area contributed by atoms with Crippen molar-refractivity contribution in [1.82, 2.24) is 10.4 Å². The van der Waals surface area contributed by atoms with Gasteiger partial charge in [-0.15, -0.1) is 0 Å². The number of piperidine rings is 1. The van der Waals surface area contributed by atoms with Gasteiger partial charge in [0.15, 0.2) is 0 Å². The molecule has 2 rings (SSSR count). The first kappa shape index (κ1) is 24.7. The van der Waals surface area contributed by atoms with Crippen molar-refractivity contribution < 1.29 is 23.9 Å². The molecule has 2 aliphatic rings. The summed E-state index contributed by atoms with van der Waals surface area (Å²) in [5, 5.41) is 4.85. The Morgan fingerprint density at radius 3 is 2.30 bits per heavy atom. The summed E-state index contributed by atoms with van der Waals surface area (Å²) in [5.41, 5.74) is 0.0722. The lowest BCUT2D eigenvalue weighted by Gasteiger charge is -2.53. The number of ether oxygens (including phenoxy) is 2. The van der Waals surface area contributed by atoms with Crippen LogP contribution in [0.2, 0.25) is 0 Å². The van der Waals surface area contributed by atoms with Crippen molar-refractivity contribution in [1.29, 1.82) is 0 Å². The number of esters is 1. The summed E-state index contributed by atoms with van der Waals surface area (Å²) in [6.07, 6.45) is 7.84. The van der Waals surface area contributed by atoms with E-state index in [4.69, 9.17) is 14.3 Å². The molecule has 1 saturated carbocycles. The Balaban J connectivity index is 1.72. The quantitative estimate of drug-likeness (QED) is 0.354. The molecule has 2 fully saturated rings. The van der Waals surface area contributed by atoms with Crippen LogP contribution in [0, 0.1) is 5.92 Å². The molecule has 30 heavy (non-hydrogen) atoms. The number of hydrogen-bond acceptors (Lipinski definition) is 6. The third-order valence-electron chi connectivity index (χ3n) is 6.39. The molecular formula is C23H40N2O5. The van der Waals surface area contributed by atoms with Crippen molar-refractivity contribution in [2.45, 2.75) is 103 Å². The average Bonchev–Trinajstić information content (AvgIpc) is 2.68. The van der Waals surface area contributed by atoms with Gasteiger partial charge in [0.25, 0.3) is 0 Å². The van der Waals surface area contributed by atoms with E-state index in [0.717, 1.165) is 44.6 Å². The van der Waals surface area contributed by atoms with E-state index in [-0.39, 0.29) is 36.4 Å². The lowest BCUT2D eigenvalue weighted by Crippen LogP contribution is -2.59. The van der Waals surface area contributed by atoms with Crippen LogP contribution in [0.5, 0.6) is 0 Å². The van der Waals surface area contributed by atoms with E-state index in [9.17, 15) is 9.59 Å². The number of rotatable bonds is 8. The summed E-state index contributed by atoms with van der Waals surface area (Å²) >= 11 is 0. The average molecular weight is 425 g/mol. The summed E-state index contributed by atoms with van der Waals surface area (Å²) in [6, 6.07) is 0. The van der Waals surface area contributed by atoms with Gasteiger partial charge < -0.3 is 14.8 Å². The van der Waals surface area contributed by atoms with E-state index in [1.165, 1.54) is 6.42 Å². The molecule has 0 radical (unpaired) electrons. The van der Waals surface area contributed by atoms with Crippen LogP contribution in [0.15, 0.2) is 12.7 Å².